The van der Waals surface area contributed by atoms with E-state index in [0.717, 1.165) is 0 Å². The smallest absolute Gasteiger partial charge is 0.408 e. The van der Waals surface area contributed by atoms with Crippen molar-refractivity contribution in [2.24, 2.45) is 0 Å². The maximum atomic E-state index is 10.9. The molecule has 0 aromatic heterocycles. The molecular weight excluding hydrogens is 206 g/mol. The van der Waals surface area contributed by atoms with Crippen molar-refractivity contribution in [3.63, 3.8) is 0 Å². The van der Waals surface area contributed by atoms with Crippen LogP contribution in [0.3, 0.4) is 0 Å². The van der Waals surface area contributed by atoms with Gasteiger partial charge in [-0.1, -0.05) is 12.7 Å². The molecule has 80 valence electrons. The van der Waals surface area contributed by atoms with E-state index in [1.807, 2.05) is 0 Å². The van der Waals surface area contributed by atoms with Crippen molar-refractivity contribution in [3.8, 4) is 0 Å². The molecule has 0 bridgehead atoms. The van der Waals surface area contributed by atoms with Crippen LogP contribution in [-0.2, 0) is 9.53 Å². The van der Waals surface area contributed by atoms with E-state index in [1.54, 1.807) is 0 Å². The number of ether oxygens (including phenoxy) is 1. The van der Waals surface area contributed by atoms with Gasteiger partial charge >= 0.3 is 12.1 Å². The van der Waals surface area contributed by atoms with Crippen LogP contribution in [0.2, 0.25) is 0 Å². The van der Waals surface area contributed by atoms with Crippen LogP contribution >= 0.6 is 12.6 Å². The number of amides is 1. The van der Waals surface area contributed by atoms with Crippen molar-refractivity contribution in [2.75, 3.05) is 12.4 Å². The third kappa shape index (κ3) is 5.47. The van der Waals surface area contributed by atoms with E-state index >= 15 is 0 Å². The number of rotatable bonds is 6. The molecule has 0 spiro atoms. The second-order valence-corrected chi connectivity index (χ2v) is 2.88. The molecule has 14 heavy (non-hydrogen) atoms. The predicted molar refractivity (Wildman–Crippen MR) is 54.6 cm³/mol. The van der Waals surface area contributed by atoms with Gasteiger partial charge in [0.25, 0.3) is 0 Å². The van der Waals surface area contributed by atoms with Gasteiger partial charge in [0.2, 0.25) is 0 Å². The molecular formula is C8H13NO4S. The Balaban J connectivity index is 3.95. The summed E-state index contributed by atoms with van der Waals surface area (Å²) in [6, 6.07) is -0.954. The Morgan fingerprint density at radius 3 is 2.71 bits per heavy atom. The Labute approximate surface area is 87.5 Å². The highest BCUT2D eigenvalue weighted by atomic mass is 32.1. The quantitative estimate of drug-likeness (QED) is 0.453. The lowest BCUT2D eigenvalue weighted by molar-refractivity contribution is -0.139. The topological polar surface area (TPSA) is 75.6 Å². The lowest BCUT2D eigenvalue weighted by Gasteiger charge is -2.12. The molecule has 1 unspecified atom stereocenters. The SMILES string of the molecule is C=CCOC(=O)NC(CCS)C(=O)O. The van der Waals surface area contributed by atoms with Gasteiger partial charge in [-0.2, -0.15) is 12.6 Å². The summed E-state index contributed by atoms with van der Waals surface area (Å²) in [4.78, 5) is 21.5. The van der Waals surface area contributed by atoms with Crippen LogP contribution in [-0.4, -0.2) is 35.6 Å². The lowest BCUT2D eigenvalue weighted by atomic mass is 10.2. The van der Waals surface area contributed by atoms with Crippen molar-refractivity contribution < 1.29 is 19.4 Å². The number of alkyl carbamates (subject to hydrolysis) is 1. The van der Waals surface area contributed by atoms with Crippen LogP contribution in [0.15, 0.2) is 12.7 Å². The molecule has 0 aliphatic heterocycles. The molecule has 0 radical (unpaired) electrons. The lowest BCUT2D eigenvalue weighted by Crippen LogP contribution is -2.41. The fraction of sp³-hybridized carbons (Fsp3) is 0.500. The van der Waals surface area contributed by atoms with Gasteiger partial charge in [-0.3, -0.25) is 0 Å². The Hall–Kier alpha value is -1.17. The average molecular weight is 219 g/mol. The molecule has 0 aromatic rings. The fourth-order valence-corrected chi connectivity index (χ4v) is 0.963. The first-order valence-corrected chi connectivity index (χ1v) is 4.63. The largest absolute Gasteiger partial charge is 0.480 e. The highest BCUT2D eigenvalue weighted by molar-refractivity contribution is 7.80. The Morgan fingerprint density at radius 2 is 2.29 bits per heavy atom. The van der Waals surface area contributed by atoms with E-state index < -0.39 is 18.1 Å². The molecule has 0 aliphatic rings. The van der Waals surface area contributed by atoms with Gasteiger partial charge in [0.1, 0.15) is 12.6 Å². The first-order chi connectivity index (χ1) is 6.61. The molecule has 0 aromatic carbocycles. The number of carboxylic acids is 1. The van der Waals surface area contributed by atoms with Crippen molar-refractivity contribution >= 4 is 24.7 Å². The molecule has 2 N–H and O–H groups in total. The molecule has 0 rings (SSSR count). The number of carbonyl (C=O) groups excluding carboxylic acids is 1. The van der Waals surface area contributed by atoms with Crippen LogP contribution in [0.5, 0.6) is 0 Å². The molecule has 0 saturated carbocycles. The third-order valence-electron chi connectivity index (χ3n) is 1.34. The van der Waals surface area contributed by atoms with Crippen LogP contribution in [0.4, 0.5) is 4.79 Å². The molecule has 0 heterocycles. The summed E-state index contributed by atoms with van der Waals surface area (Å²) in [5.41, 5.74) is 0. The zero-order chi connectivity index (χ0) is 11.0. The first kappa shape index (κ1) is 12.8. The third-order valence-corrected chi connectivity index (χ3v) is 1.60. The maximum absolute atomic E-state index is 10.9. The second-order valence-electron chi connectivity index (χ2n) is 2.43. The van der Waals surface area contributed by atoms with Gasteiger partial charge in [-0.25, -0.2) is 9.59 Å². The molecule has 0 aliphatic carbocycles. The summed E-state index contributed by atoms with van der Waals surface area (Å²) < 4.78 is 4.56. The molecule has 5 nitrogen and oxygen atoms in total. The number of hydrogen-bond acceptors (Lipinski definition) is 4. The number of aliphatic carboxylic acids is 1. The summed E-state index contributed by atoms with van der Waals surface area (Å²) in [6.45, 7) is 3.40. The van der Waals surface area contributed by atoms with Gasteiger partial charge in [-0.05, 0) is 12.2 Å². The standard InChI is InChI=1S/C8H13NO4S/c1-2-4-13-8(12)9-6(3-5-14)7(10)11/h2,6,14H,1,3-5H2,(H,9,12)(H,10,11). The Morgan fingerprint density at radius 1 is 1.64 bits per heavy atom. The van der Waals surface area contributed by atoms with E-state index in [4.69, 9.17) is 5.11 Å². The van der Waals surface area contributed by atoms with Gasteiger partial charge < -0.3 is 15.2 Å². The summed E-state index contributed by atoms with van der Waals surface area (Å²) in [6.07, 6.45) is 0.884. The molecule has 0 saturated heterocycles. The number of carboxylic acid groups (broad SMARTS) is 1. The molecule has 1 amide bonds. The molecule has 6 heteroatoms. The second kappa shape index (κ2) is 7.25. The van der Waals surface area contributed by atoms with Crippen molar-refractivity contribution in [2.45, 2.75) is 12.5 Å². The van der Waals surface area contributed by atoms with Crippen molar-refractivity contribution in [3.05, 3.63) is 12.7 Å². The minimum Gasteiger partial charge on any atom is -0.480 e. The highest BCUT2D eigenvalue weighted by Crippen LogP contribution is 1.95. The van der Waals surface area contributed by atoms with E-state index in [1.165, 1.54) is 6.08 Å². The highest BCUT2D eigenvalue weighted by Gasteiger charge is 2.19. The minimum atomic E-state index is -1.10. The van der Waals surface area contributed by atoms with E-state index in [9.17, 15) is 9.59 Å². The summed E-state index contributed by atoms with van der Waals surface area (Å²) in [5, 5.41) is 10.8. The van der Waals surface area contributed by atoms with Gasteiger partial charge in [0.05, 0.1) is 0 Å². The van der Waals surface area contributed by atoms with Crippen LogP contribution < -0.4 is 5.32 Å². The monoisotopic (exact) mass is 219 g/mol. The van der Waals surface area contributed by atoms with Crippen LogP contribution in [0, 0.1) is 0 Å². The Bertz CT molecular complexity index is 219. The van der Waals surface area contributed by atoms with Gasteiger partial charge in [0, 0.05) is 0 Å². The van der Waals surface area contributed by atoms with Gasteiger partial charge in [0.15, 0.2) is 0 Å². The number of carbonyl (C=O) groups is 2. The zero-order valence-electron chi connectivity index (χ0n) is 7.60. The minimum absolute atomic E-state index is 0.0546. The zero-order valence-corrected chi connectivity index (χ0v) is 8.50. The van der Waals surface area contributed by atoms with E-state index in [-0.39, 0.29) is 13.0 Å². The van der Waals surface area contributed by atoms with Crippen molar-refractivity contribution in [1.82, 2.24) is 5.32 Å². The average Bonchev–Trinajstić information content (AvgIpc) is 2.14. The predicted octanol–water partition coefficient (Wildman–Crippen LogP) is 0.672. The first-order valence-electron chi connectivity index (χ1n) is 3.99. The van der Waals surface area contributed by atoms with E-state index in [2.05, 4.69) is 29.3 Å². The van der Waals surface area contributed by atoms with E-state index in [0.29, 0.717) is 5.75 Å². The van der Waals surface area contributed by atoms with Gasteiger partial charge in [-0.15, -0.1) is 0 Å². The number of nitrogens with one attached hydrogen (secondary N) is 1. The van der Waals surface area contributed by atoms with Crippen LogP contribution in [0.25, 0.3) is 0 Å². The normalized spacial score (nSPS) is 11.5. The molecule has 0 fully saturated rings. The summed E-state index contributed by atoms with van der Waals surface area (Å²) in [5.74, 6) is -0.729. The maximum Gasteiger partial charge on any atom is 0.408 e. The number of thiol groups is 1. The number of hydrogen-bond donors (Lipinski definition) is 3. The summed E-state index contributed by atoms with van der Waals surface area (Å²) in [7, 11) is 0. The summed E-state index contributed by atoms with van der Waals surface area (Å²) >= 11 is 3.88. The van der Waals surface area contributed by atoms with Crippen LogP contribution in [0.1, 0.15) is 6.42 Å². The molecule has 1 atom stereocenters. The van der Waals surface area contributed by atoms with Crippen molar-refractivity contribution in [1.29, 1.82) is 0 Å². The Kier molecular flexibility index (Phi) is 6.65. The fourth-order valence-electron chi connectivity index (χ4n) is 0.705.